The molecule has 2 aliphatic rings. The molecule has 1 aromatic heterocycles. The van der Waals surface area contributed by atoms with Gasteiger partial charge in [-0.05, 0) is 36.5 Å². The lowest BCUT2D eigenvalue weighted by Crippen LogP contribution is -2.38. The van der Waals surface area contributed by atoms with Gasteiger partial charge in [0.05, 0.1) is 5.69 Å². The number of H-pyrrole nitrogens is 1. The van der Waals surface area contributed by atoms with Crippen molar-refractivity contribution < 1.29 is 9.84 Å². The fourth-order valence-electron chi connectivity index (χ4n) is 5.35. The van der Waals surface area contributed by atoms with Crippen LogP contribution in [0.15, 0.2) is 54.6 Å². The molecule has 2 heterocycles. The Morgan fingerprint density at radius 2 is 1.94 bits per heavy atom. The molecule has 1 saturated carbocycles. The number of rotatable bonds is 9. The summed E-state index contributed by atoms with van der Waals surface area (Å²) in [7, 11) is 0. The van der Waals surface area contributed by atoms with Crippen LogP contribution >= 0.6 is 0 Å². The molecule has 33 heavy (non-hydrogen) atoms. The van der Waals surface area contributed by atoms with E-state index in [2.05, 4.69) is 45.4 Å². The Morgan fingerprint density at radius 3 is 2.79 bits per heavy atom. The van der Waals surface area contributed by atoms with Crippen molar-refractivity contribution in [1.29, 1.82) is 0 Å². The lowest BCUT2D eigenvalue weighted by molar-refractivity contribution is 0.0637. The Hall–Kier alpha value is -2.63. The van der Waals surface area contributed by atoms with Crippen LogP contribution in [0.5, 0.6) is 5.75 Å². The van der Waals surface area contributed by atoms with Gasteiger partial charge in [0.15, 0.2) is 0 Å². The zero-order chi connectivity index (χ0) is 22.5. The summed E-state index contributed by atoms with van der Waals surface area (Å²) in [6.07, 6.45) is 8.39. The van der Waals surface area contributed by atoms with Gasteiger partial charge >= 0.3 is 0 Å². The molecule has 1 fully saturated rings. The van der Waals surface area contributed by atoms with Crippen LogP contribution in [-0.2, 0) is 19.4 Å². The maximum Gasteiger partial charge on any atom is 0.119 e. The lowest BCUT2D eigenvalue weighted by atomic mass is 9.98. The number of fused-ring (bicyclic) bond motifs is 1. The molecule has 2 N–H and O–H groups in total. The van der Waals surface area contributed by atoms with Gasteiger partial charge in [-0.25, -0.2) is 0 Å². The molecule has 5 rings (SSSR count). The summed E-state index contributed by atoms with van der Waals surface area (Å²) in [6, 6.07) is 18.7. The summed E-state index contributed by atoms with van der Waals surface area (Å²) in [6.45, 7) is 2.62. The van der Waals surface area contributed by atoms with E-state index in [-0.39, 0.29) is 0 Å². The van der Waals surface area contributed by atoms with Crippen LogP contribution < -0.4 is 4.74 Å². The zero-order valence-corrected chi connectivity index (χ0v) is 19.4. The number of aliphatic hydroxyl groups is 1. The normalized spacial score (nSPS) is 17.7. The molecule has 174 valence electrons. The van der Waals surface area contributed by atoms with Crippen molar-refractivity contribution in [3.05, 3.63) is 71.4 Å². The predicted molar refractivity (Wildman–Crippen MR) is 131 cm³/mol. The molecule has 1 atom stereocenters. The number of β-amino-alcohol motifs (C(OH)–C–C–N with tert-alkyl or cyclic N) is 1. The standard InChI is InChI=1S/C28H35N3O2/c32-24(20-33-25-12-6-9-22(17-25)14-13-21-7-4-5-8-21)18-31-16-15-27-26(19-31)28(30-29-27)23-10-2-1-3-11-23/h1-3,6,9-12,17,21,24,32H,4-5,7-8,13-16,18-20H2,(H,29,30). The van der Waals surface area contributed by atoms with E-state index in [1.54, 1.807) is 0 Å². The Morgan fingerprint density at radius 1 is 1.09 bits per heavy atom. The number of nitrogens with one attached hydrogen (secondary N) is 1. The quantitative estimate of drug-likeness (QED) is 0.487. The minimum atomic E-state index is -0.527. The number of hydrogen-bond acceptors (Lipinski definition) is 4. The molecular weight excluding hydrogens is 410 g/mol. The van der Waals surface area contributed by atoms with Crippen molar-refractivity contribution in [2.24, 2.45) is 5.92 Å². The molecule has 1 aliphatic carbocycles. The molecule has 0 saturated heterocycles. The van der Waals surface area contributed by atoms with Gasteiger partial charge in [0.25, 0.3) is 0 Å². The zero-order valence-electron chi connectivity index (χ0n) is 19.4. The third kappa shape index (κ3) is 5.66. The number of hydrogen-bond donors (Lipinski definition) is 2. The summed E-state index contributed by atoms with van der Waals surface area (Å²) in [5.41, 5.74) is 5.95. The van der Waals surface area contributed by atoms with Crippen LogP contribution in [0.3, 0.4) is 0 Å². The summed E-state index contributed by atoms with van der Waals surface area (Å²) in [5.74, 6) is 1.76. The third-order valence-corrected chi connectivity index (χ3v) is 7.19. The molecular formula is C28H35N3O2. The Bertz CT molecular complexity index is 1030. The number of benzene rings is 2. The monoisotopic (exact) mass is 445 g/mol. The van der Waals surface area contributed by atoms with Crippen LogP contribution in [0.4, 0.5) is 0 Å². The molecule has 0 radical (unpaired) electrons. The maximum absolute atomic E-state index is 10.7. The van der Waals surface area contributed by atoms with Crippen LogP contribution in [0.2, 0.25) is 0 Å². The largest absolute Gasteiger partial charge is 0.491 e. The van der Waals surface area contributed by atoms with E-state index in [1.807, 2.05) is 24.3 Å². The minimum absolute atomic E-state index is 0.312. The summed E-state index contributed by atoms with van der Waals surface area (Å²) in [4.78, 5) is 2.30. The van der Waals surface area contributed by atoms with Gasteiger partial charge in [0.2, 0.25) is 0 Å². The van der Waals surface area contributed by atoms with Gasteiger partial charge in [-0.1, -0.05) is 68.1 Å². The summed E-state index contributed by atoms with van der Waals surface area (Å²) in [5, 5.41) is 18.5. The van der Waals surface area contributed by atoms with Crippen molar-refractivity contribution in [3.8, 4) is 17.0 Å². The van der Waals surface area contributed by atoms with Crippen molar-refractivity contribution >= 4 is 0 Å². The first-order valence-electron chi connectivity index (χ1n) is 12.5. The van der Waals surface area contributed by atoms with Gasteiger partial charge in [-0.3, -0.25) is 10.00 Å². The highest BCUT2D eigenvalue weighted by atomic mass is 16.5. The molecule has 2 aromatic carbocycles. The van der Waals surface area contributed by atoms with Gasteiger partial charge in [0, 0.05) is 42.9 Å². The Labute approximate surface area is 196 Å². The molecule has 1 unspecified atom stereocenters. The number of aliphatic hydroxyl groups excluding tert-OH is 1. The third-order valence-electron chi connectivity index (χ3n) is 7.19. The van der Waals surface area contributed by atoms with Crippen LogP contribution in [0, 0.1) is 5.92 Å². The van der Waals surface area contributed by atoms with Crippen molar-refractivity contribution in [2.75, 3.05) is 19.7 Å². The second-order valence-corrected chi connectivity index (χ2v) is 9.68. The first kappa shape index (κ1) is 22.2. The van der Waals surface area contributed by atoms with E-state index in [0.29, 0.717) is 13.2 Å². The molecule has 0 amide bonds. The van der Waals surface area contributed by atoms with E-state index in [1.165, 1.54) is 48.9 Å². The highest BCUT2D eigenvalue weighted by molar-refractivity contribution is 5.64. The minimum Gasteiger partial charge on any atom is -0.491 e. The van der Waals surface area contributed by atoms with Crippen LogP contribution in [-0.4, -0.2) is 46.0 Å². The molecule has 3 aromatic rings. The fourth-order valence-corrected chi connectivity index (χ4v) is 5.35. The Balaban J connectivity index is 1.12. The SMILES string of the molecule is OC(COc1cccc(CCC2CCCC2)c1)CN1CCc2[nH]nc(-c3ccccc3)c2C1. The van der Waals surface area contributed by atoms with Gasteiger partial charge in [-0.15, -0.1) is 0 Å². The van der Waals surface area contributed by atoms with E-state index in [0.717, 1.165) is 48.9 Å². The summed E-state index contributed by atoms with van der Waals surface area (Å²) >= 11 is 0. The number of aryl methyl sites for hydroxylation is 1. The number of nitrogens with zero attached hydrogens (tertiary/aromatic N) is 2. The van der Waals surface area contributed by atoms with Crippen molar-refractivity contribution in [2.45, 2.75) is 57.6 Å². The van der Waals surface area contributed by atoms with E-state index < -0.39 is 6.10 Å². The van der Waals surface area contributed by atoms with Crippen LogP contribution in [0.25, 0.3) is 11.3 Å². The van der Waals surface area contributed by atoms with Gasteiger partial charge < -0.3 is 9.84 Å². The van der Waals surface area contributed by atoms with Gasteiger partial charge in [0.1, 0.15) is 18.5 Å². The molecule has 0 bridgehead atoms. The smallest absolute Gasteiger partial charge is 0.119 e. The molecule has 5 heteroatoms. The molecule has 1 aliphatic heterocycles. The predicted octanol–water partition coefficient (Wildman–Crippen LogP) is 5.00. The lowest BCUT2D eigenvalue weighted by Gasteiger charge is -2.29. The van der Waals surface area contributed by atoms with E-state index >= 15 is 0 Å². The Kier molecular flexibility index (Phi) is 7.08. The van der Waals surface area contributed by atoms with Crippen LogP contribution in [0.1, 0.15) is 48.9 Å². The fraction of sp³-hybridized carbons (Fsp3) is 0.464. The number of aromatic nitrogens is 2. The highest BCUT2D eigenvalue weighted by Crippen LogP contribution is 2.30. The number of aromatic amines is 1. The maximum atomic E-state index is 10.7. The number of ether oxygens (including phenoxy) is 1. The van der Waals surface area contributed by atoms with Crippen molar-refractivity contribution in [3.63, 3.8) is 0 Å². The summed E-state index contributed by atoms with van der Waals surface area (Å²) < 4.78 is 5.97. The van der Waals surface area contributed by atoms with E-state index in [4.69, 9.17) is 4.74 Å². The molecule has 0 spiro atoms. The first-order chi connectivity index (χ1) is 16.2. The average Bonchev–Trinajstić information content (AvgIpc) is 3.52. The second kappa shape index (κ2) is 10.5. The van der Waals surface area contributed by atoms with Gasteiger partial charge in [-0.2, -0.15) is 5.10 Å². The highest BCUT2D eigenvalue weighted by Gasteiger charge is 2.24. The second-order valence-electron chi connectivity index (χ2n) is 9.68. The average molecular weight is 446 g/mol. The first-order valence-corrected chi connectivity index (χ1v) is 12.5. The molecule has 5 nitrogen and oxygen atoms in total. The van der Waals surface area contributed by atoms with E-state index in [9.17, 15) is 5.11 Å². The van der Waals surface area contributed by atoms with Crippen molar-refractivity contribution in [1.82, 2.24) is 15.1 Å². The topological polar surface area (TPSA) is 61.4 Å².